The van der Waals surface area contributed by atoms with Crippen LogP contribution in [0.2, 0.25) is 0 Å². The lowest BCUT2D eigenvalue weighted by Gasteiger charge is -2.25. The Hall–Kier alpha value is -4.48. The number of carboxylic acids is 1. The molecule has 0 aliphatic heterocycles. The van der Waals surface area contributed by atoms with Crippen LogP contribution in [-0.4, -0.2) is 83.2 Å². The fraction of sp³-hybridized carbons (Fsp3) is 0.600. The van der Waals surface area contributed by atoms with Crippen molar-refractivity contribution in [3.63, 3.8) is 0 Å². The molecular weight excluding hydrogens is 508 g/mol. The summed E-state index contributed by atoms with van der Waals surface area (Å²) in [5.74, 6) is -7.11. The minimum absolute atomic E-state index is 0.134. The lowest BCUT2D eigenvalue weighted by Crippen LogP contribution is -2.57. The molecule has 0 aromatic rings. The number of nitrogens with one attached hydrogen (secondary N) is 3. The van der Waals surface area contributed by atoms with Crippen molar-refractivity contribution < 1.29 is 38.7 Å². The number of nitrogens with zero attached hydrogens (tertiary/aromatic N) is 1. The molecule has 6 amide bonds. The molecule has 0 saturated heterocycles. The van der Waals surface area contributed by atoms with Crippen molar-refractivity contribution in [2.75, 3.05) is 6.54 Å². The molecule has 4 atom stereocenters. The molecule has 0 fully saturated rings. The minimum atomic E-state index is -1.71. The number of amides is 6. The van der Waals surface area contributed by atoms with Crippen LogP contribution in [0, 0.1) is 0 Å². The molecule has 0 heterocycles. The van der Waals surface area contributed by atoms with Gasteiger partial charge in [-0.3, -0.25) is 33.8 Å². The number of hydrogen-bond donors (Lipinski definition) is 10. The zero-order valence-electron chi connectivity index (χ0n) is 20.7. The highest BCUT2D eigenvalue weighted by Crippen LogP contribution is 2.05. The summed E-state index contributed by atoms with van der Waals surface area (Å²) >= 11 is 0. The van der Waals surface area contributed by atoms with Crippen LogP contribution in [0.5, 0.6) is 0 Å². The van der Waals surface area contributed by atoms with Crippen LogP contribution in [0.4, 0.5) is 0 Å². The molecular formula is C20H36N10O8. The van der Waals surface area contributed by atoms with Gasteiger partial charge in [-0.2, -0.15) is 0 Å². The first-order valence-corrected chi connectivity index (χ1v) is 11.4. The molecule has 4 unspecified atom stereocenters. The zero-order chi connectivity index (χ0) is 29.4. The Kier molecular flexibility index (Phi) is 15.0. The van der Waals surface area contributed by atoms with E-state index < -0.39 is 72.0 Å². The average Bonchev–Trinajstić information content (AvgIpc) is 2.80. The number of guanidine groups is 1. The van der Waals surface area contributed by atoms with Crippen molar-refractivity contribution in [1.29, 1.82) is 0 Å². The van der Waals surface area contributed by atoms with E-state index in [4.69, 9.17) is 34.4 Å². The van der Waals surface area contributed by atoms with E-state index in [9.17, 15) is 38.7 Å². The lowest BCUT2D eigenvalue weighted by atomic mass is 10.1. The van der Waals surface area contributed by atoms with Gasteiger partial charge in [0, 0.05) is 19.4 Å². The van der Waals surface area contributed by atoms with Crippen molar-refractivity contribution in [2.24, 2.45) is 39.4 Å². The molecule has 18 nitrogen and oxygen atoms in total. The first kappa shape index (κ1) is 33.5. The van der Waals surface area contributed by atoms with Crippen LogP contribution < -0.4 is 50.4 Å². The van der Waals surface area contributed by atoms with Gasteiger partial charge in [-0.15, -0.1) is 0 Å². The molecule has 38 heavy (non-hydrogen) atoms. The smallest absolute Gasteiger partial charge is 0.326 e. The summed E-state index contributed by atoms with van der Waals surface area (Å²) in [4.78, 5) is 86.9. The number of carbonyl (C=O) groups is 7. The molecule has 18 heteroatoms. The van der Waals surface area contributed by atoms with Gasteiger partial charge in [0.15, 0.2) is 5.96 Å². The second-order valence-corrected chi connectivity index (χ2v) is 8.26. The second kappa shape index (κ2) is 17.1. The summed E-state index contributed by atoms with van der Waals surface area (Å²) in [5, 5.41) is 15.9. The van der Waals surface area contributed by atoms with Crippen LogP contribution in [0.15, 0.2) is 4.99 Å². The van der Waals surface area contributed by atoms with Gasteiger partial charge in [-0.25, -0.2) is 4.79 Å². The predicted octanol–water partition coefficient (Wildman–Crippen LogP) is -5.69. The van der Waals surface area contributed by atoms with Gasteiger partial charge in [-0.05, 0) is 25.7 Å². The van der Waals surface area contributed by atoms with Crippen molar-refractivity contribution in [2.45, 2.75) is 69.1 Å². The Labute approximate surface area is 217 Å². The van der Waals surface area contributed by atoms with E-state index in [0.717, 1.165) is 0 Å². The lowest BCUT2D eigenvalue weighted by molar-refractivity contribution is -0.144. The molecule has 0 spiro atoms. The van der Waals surface area contributed by atoms with Crippen LogP contribution in [0.1, 0.15) is 44.9 Å². The van der Waals surface area contributed by atoms with Crippen molar-refractivity contribution in [3.05, 3.63) is 0 Å². The third-order valence-electron chi connectivity index (χ3n) is 4.95. The van der Waals surface area contributed by atoms with E-state index in [2.05, 4.69) is 15.6 Å². The third-order valence-corrected chi connectivity index (χ3v) is 4.95. The van der Waals surface area contributed by atoms with E-state index in [0.29, 0.717) is 6.42 Å². The van der Waals surface area contributed by atoms with Crippen molar-refractivity contribution in [1.82, 2.24) is 16.0 Å². The van der Waals surface area contributed by atoms with Crippen LogP contribution in [-0.2, 0) is 33.6 Å². The molecule has 214 valence electrons. The van der Waals surface area contributed by atoms with Crippen LogP contribution in [0.25, 0.3) is 0 Å². The largest absolute Gasteiger partial charge is 0.480 e. The minimum Gasteiger partial charge on any atom is -0.480 e. The number of carboxylic acid groups (broad SMARTS) is 1. The number of rotatable bonds is 19. The maximum absolute atomic E-state index is 13.0. The summed E-state index contributed by atoms with van der Waals surface area (Å²) in [5.41, 5.74) is 31.5. The SMILES string of the molecule is NC(=O)CCC(NC(=O)C(N)CCCN=C(N)N)C(=O)NC(CCC(N)=O)C(=O)NC(CC(N)=O)C(=O)O. The van der Waals surface area contributed by atoms with Gasteiger partial charge in [0.1, 0.15) is 18.1 Å². The first-order chi connectivity index (χ1) is 17.6. The highest BCUT2D eigenvalue weighted by Gasteiger charge is 2.31. The van der Waals surface area contributed by atoms with Gasteiger partial charge in [0.2, 0.25) is 35.4 Å². The van der Waals surface area contributed by atoms with E-state index >= 15 is 0 Å². The molecule has 0 aromatic carbocycles. The molecule has 16 N–H and O–H groups in total. The van der Waals surface area contributed by atoms with Crippen LogP contribution >= 0.6 is 0 Å². The fourth-order valence-corrected chi connectivity index (χ4v) is 2.99. The topological polar surface area (TPSA) is 344 Å². The summed E-state index contributed by atoms with van der Waals surface area (Å²) in [6, 6.07) is -5.68. The van der Waals surface area contributed by atoms with E-state index in [1.807, 2.05) is 5.32 Å². The Balaban J connectivity index is 5.58. The highest BCUT2D eigenvalue weighted by molar-refractivity contribution is 5.95. The number of hydrogen-bond acceptors (Lipinski definition) is 9. The molecule has 0 aromatic heterocycles. The number of aliphatic carboxylic acids is 1. The summed E-state index contributed by atoms with van der Waals surface area (Å²) < 4.78 is 0. The number of carbonyl (C=O) groups excluding carboxylic acids is 6. The molecule has 0 aliphatic rings. The zero-order valence-corrected chi connectivity index (χ0v) is 20.7. The summed E-state index contributed by atoms with van der Waals surface area (Å²) in [6.07, 6.45) is -1.58. The van der Waals surface area contributed by atoms with Gasteiger partial charge < -0.3 is 55.5 Å². The maximum atomic E-state index is 13.0. The molecule has 0 bridgehead atoms. The standard InChI is InChI=1S/C20H36N10O8/c21-9(2-1-7-27-20(25)26)16(34)28-10(3-5-13(22)31)17(35)29-11(4-6-14(23)32)18(36)30-12(19(37)38)8-15(24)33/h9-12H,1-8,21H2,(H2,22,31)(H2,23,32)(H2,24,33)(H,28,34)(H,29,35)(H,30,36)(H,37,38)(H4,25,26,27). The third kappa shape index (κ3) is 14.8. The van der Waals surface area contributed by atoms with E-state index in [-0.39, 0.29) is 44.6 Å². The molecule has 0 rings (SSSR count). The average molecular weight is 545 g/mol. The molecule has 0 radical (unpaired) electrons. The monoisotopic (exact) mass is 544 g/mol. The maximum Gasteiger partial charge on any atom is 0.326 e. The van der Waals surface area contributed by atoms with Gasteiger partial charge in [0.25, 0.3) is 0 Å². The normalized spacial score (nSPS) is 13.6. The Morgan fingerprint density at radius 3 is 1.50 bits per heavy atom. The van der Waals surface area contributed by atoms with Crippen LogP contribution in [0.3, 0.4) is 0 Å². The van der Waals surface area contributed by atoms with Crippen molar-refractivity contribution in [3.8, 4) is 0 Å². The van der Waals surface area contributed by atoms with Crippen molar-refractivity contribution >= 4 is 47.4 Å². The predicted molar refractivity (Wildman–Crippen MR) is 132 cm³/mol. The van der Waals surface area contributed by atoms with Gasteiger partial charge >= 0.3 is 5.97 Å². The van der Waals surface area contributed by atoms with Gasteiger partial charge in [-0.1, -0.05) is 0 Å². The Bertz CT molecular complexity index is 921. The number of nitrogens with two attached hydrogens (primary N) is 6. The Morgan fingerprint density at radius 2 is 1.11 bits per heavy atom. The van der Waals surface area contributed by atoms with E-state index in [1.165, 1.54) is 0 Å². The number of aliphatic imine (C=N–C) groups is 1. The van der Waals surface area contributed by atoms with E-state index in [1.54, 1.807) is 0 Å². The molecule has 0 saturated carbocycles. The van der Waals surface area contributed by atoms with Gasteiger partial charge in [0.05, 0.1) is 12.5 Å². The summed E-state index contributed by atoms with van der Waals surface area (Å²) in [7, 11) is 0. The number of primary amides is 3. The quantitative estimate of drug-likeness (QED) is 0.0414. The second-order valence-electron chi connectivity index (χ2n) is 8.26. The summed E-state index contributed by atoms with van der Waals surface area (Å²) in [6.45, 7) is 0.207. The Morgan fingerprint density at radius 1 is 0.658 bits per heavy atom. The molecule has 0 aliphatic carbocycles. The highest BCUT2D eigenvalue weighted by atomic mass is 16.4. The fourth-order valence-electron chi connectivity index (χ4n) is 2.99. The first-order valence-electron chi connectivity index (χ1n) is 11.4.